The molecule has 0 aromatic heterocycles. The molecule has 0 radical (unpaired) electrons. The second-order valence-corrected chi connectivity index (χ2v) is 6.05. The predicted octanol–water partition coefficient (Wildman–Crippen LogP) is 3.86. The van der Waals surface area contributed by atoms with Crippen LogP contribution in [0.5, 0.6) is 0 Å². The molecule has 0 aliphatic heterocycles. The fraction of sp³-hybridized carbons (Fsp3) is 1.00. The maximum Gasteiger partial charge on any atom is -0.693 e. The van der Waals surface area contributed by atoms with Crippen LogP contribution in [0.25, 0.3) is 6.15 Å². The molecule has 0 aromatic rings. The Morgan fingerprint density at radius 2 is 1.67 bits per heavy atom. The van der Waals surface area contributed by atoms with Crippen LogP contribution in [-0.2, 0) is 16.5 Å². The maximum atomic E-state index is 5.57. The van der Waals surface area contributed by atoms with Crippen molar-refractivity contribution in [2.75, 3.05) is 0 Å². The number of hydrogen-bond acceptors (Lipinski definition) is 1. The average Bonchev–Trinajstić information content (AvgIpc) is 1.88. The Labute approximate surface area is 92.5 Å². The average molecular weight is 397 g/mol. The maximum absolute atomic E-state index is 5.57. The van der Waals surface area contributed by atoms with Crippen LogP contribution in [0, 0.1) is 5.92 Å². The van der Waals surface area contributed by atoms with E-state index in [4.69, 9.17) is 24.6 Å². The zero-order valence-electron chi connectivity index (χ0n) is 7.80. The van der Waals surface area contributed by atoms with Crippen LogP contribution in [0.4, 0.5) is 0 Å². The third-order valence-corrected chi connectivity index (χ3v) is 1.47. The molecular formula is C7H19Cl2N2Pt-. The van der Waals surface area contributed by atoms with Gasteiger partial charge < -0.3 is 11.9 Å². The van der Waals surface area contributed by atoms with Crippen molar-refractivity contribution in [1.29, 1.82) is 0 Å². The summed E-state index contributed by atoms with van der Waals surface area (Å²) in [6.07, 6.45) is 2.41. The summed E-state index contributed by atoms with van der Waals surface area (Å²) in [5.41, 5.74) is 5.57. The molecule has 0 aliphatic carbocycles. The van der Waals surface area contributed by atoms with Gasteiger partial charge in [-0.1, -0.05) is 20.3 Å². The van der Waals surface area contributed by atoms with Crippen LogP contribution < -0.4 is 5.73 Å². The summed E-state index contributed by atoms with van der Waals surface area (Å²) in [7, 11) is 9.75. The molecule has 0 spiro atoms. The molecule has 0 aliphatic rings. The van der Waals surface area contributed by atoms with Crippen LogP contribution in [-0.4, -0.2) is 6.04 Å². The van der Waals surface area contributed by atoms with Gasteiger partial charge in [-0.05, 0) is 19.3 Å². The zero-order chi connectivity index (χ0) is 9.28. The molecule has 2 atom stereocenters. The molecule has 0 fully saturated rings. The van der Waals surface area contributed by atoms with Crippen LogP contribution in [0.2, 0.25) is 0 Å². The molecule has 12 heavy (non-hydrogen) atoms. The van der Waals surface area contributed by atoms with E-state index in [-0.39, 0.29) is 6.15 Å². The van der Waals surface area contributed by atoms with Gasteiger partial charge in [0.15, 0.2) is 0 Å². The van der Waals surface area contributed by atoms with Gasteiger partial charge in [0.05, 0.1) is 0 Å². The van der Waals surface area contributed by atoms with E-state index in [2.05, 4.69) is 20.8 Å². The van der Waals surface area contributed by atoms with E-state index in [1.807, 2.05) is 0 Å². The first-order valence-corrected chi connectivity index (χ1v) is 9.29. The molecule has 4 N–H and O–H groups in total. The summed E-state index contributed by atoms with van der Waals surface area (Å²) in [4.78, 5) is 0. The topological polar surface area (TPSA) is 59.5 Å². The Morgan fingerprint density at radius 3 is 1.75 bits per heavy atom. The molecule has 0 heterocycles. The van der Waals surface area contributed by atoms with Gasteiger partial charge in [-0.3, -0.25) is 0 Å². The van der Waals surface area contributed by atoms with Crippen LogP contribution in [0.15, 0.2) is 0 Å². The summed E-state index contributed by atoms with van der Waals surface area (Å²) >= 11 is -0.472. The van der Waals surface area contributed by atoms with E-state index >= 15 is 0 Å². The monoisotopic (exact) mass is 396 g/mol. The standard InChI is InChI=1S/C7H17N.2ClH.H2N.Pt/c1-4-6(2)5-7(3)8;;;;/h6-7H,4-5,8H2,1-3H3;2*1H;1H2;/q;;;-1;+2/p-2. The first kappa shape index (κ1) is 18.9. The minimum Gasteiger partial charge on any atom is -0.693 e. The number of hydrogen-bond donors (Lipinski definition) is 1. The number of rotatable bonds is 3. The Balaban J connectivity index is -0.000000177. The van der Waals surface area contributed by atoms with Gasteiger partial charge >= 0.3 is 35.3 Å². The molecule has 0 rings (SSSR count). The van der Waals surface area contributed by atoms with E-state index in [0.29, 0.717) is 6.04 Å². The van der Waals surface area contributed by atoms with E-state index in [1.165, 1.54) is 6.42 Å². The van der Waals surface area contributed by atoms with Crippen molar-refractivity contribution in [1.82, 2.24) is 0 Å². The Morgan fingerprint density at radius 1 is 1.33 bits per heavy atom. The number of nitrogens with two attached hydrogens (primary N) is 2. The SMILES string of the molecule is CCC(C)CC(C)N.[Cl][Pt][Cl].[NH2-]. The third kappa shape index (κ3) is 22.5. The van der Waals surface area contributed by atoms with Gasteiger partial charge in [0, 0.05) is 6.04 Å². The summed E-state index contributed by atoms with van der Waals surface area (Å²) in [6.45, 7) is 6.50. The zero-order valence-corrected chi connectivity index (χ0v) is 11.6. The van der Waals surface area contributed by atoms with Crippen LogP contribution >= 0.6 is 18.8 Å². The van der Waals surface area contributed by atoms with Gasteiger partial charge in [0.25, 0.3) is 0 Å². The first-order valence-electron chi connectivity index (χ1n) is 3.66. The normalized spacial score (nSPS) is 13.8. The van der Waals surface area contributed by atoms with Gasteiger partial charge in [0.1, 0.15) is 0 Å². The third-order valence-electron chi connectivity index (χ3n) is 1.47. The van der Waals surface area contributed by atoms with Gasteiger partial charge in [-0.15, -0.1) is 0 Å². The van der Waals surface area contributed by atoms with Crippen molar-refractivity contribution in [3.8, 4) is 0 Å². The summed E-state index contributed by atoms with van der Waals surface area (Å²) in [6, 6.07) is 0.380. The van der Waals surface area contributed by atoms with Crippen molar-refractivity contribution in [2.24, 2.45) is 11.7 Å². The minimum absolute atomic E-state index is 0. The molecular weight excluding hydrogens is 378 g/mol. The second kappa shape index (κ2) is 14.7. The molecule has 0 saturated heterocycles. The molecule has 0 amide bonds. The minimum atomic E-state index is -0.472. The molecule has 0 bridgehead atoms. The van der Waals surface area contributed by atoms with Crippen molar-refractivity contribution in [3.63, 3.8) is 0 Å². The Bertz CT molecular complexity index is 74.4. The van der Waals surface area contributed by atoms with E-state index < -0.39 is 16.5 Å². The van der Waals surface area contributed by atoms with Crippen LogP contribution in [0.1, 0.15) is 33.6 Å². The molecule has 82 valence electrons. The summed E-state index contributed by atoms with van der Waals surface area (Å²) in [5, 5.41) is 0. The van der Waals surface area contributed by atoms with Gasteiger partial charge in [-0.2, -0.15) is 0 Å². The Hall–Kier alpha value is 1.19. The molecule has 0 aromatic carbocycles. The van der Waals surface area contributed by atoms with Crippen molar-refractivity contribution in [2.45, 2.75) is 39.7 Å². The van der Waals surface area contributed by atoms with Crippen molar-refractivity contribution >= 4 is 18.8 Å². The summed E-state index contributed by atoms with van der Waals surface area (Å²) in [5.74, 6) is 0.801. The second-order valence-electron chi connectivity index (χ2n) is 2.77. The molecule has 0 saturated carbocycles. The fourth-order valence-electron chi connectivity index (χ4n) is 0.801. The summed E-state index contributed by atoms with van der Waals surface area (Å²) < 4.78 is 0. The van der Waals surface area contributed by atoms with Crippen LogP contribution in [0.3, 0.4) is 0 Å². The predicted molar refractivity (Wildman–Crippen MR) is 54.7 cm³/mol. The molecule has 5 heteroatoms. The van der Waals surface area contributed by atoms with E-state index in [9.17, 15) is 0 Å². The molecule has 2 nitrogen and oxygen atoms in total. The fourth-order valence-corrected chi connectivity index (χ4v) is 0.801. The van der Waals surface area contributed by atoms with E-state index in [1.54, 1.807) is 0 Å². The number of halogens is 2. The van der Waals surface area contributed by atoms with Gasteiger partial charge in [0.2, 0.25) is 0 Å². The Kier molecular flexibility index (Phi) is 23.1. The van der Waals surface area contributed by atoms with E-state index in [0.717, 1.165) is 12.3 Å². The largest absolute Gasteiger partial charge is 0.693 e. The molecule has 2 unspecified atom stereocenters. The van der Waals surface area contributed by atoms with Crippen molar-refractivity contribution < 1.29 is 16.5 Å². The quantitative estimate of drug-likeness (QED) is 0.773. The first-order chi connectivity index (χ1) is 5.08. The van der Waals surface area contributed by atoms with Gasteiger partial charge in [-0.25, -0.2) is 0 Å². The van der Waals surface area contributed by atoms with Crippen molar-refractivity contribution in [3.05, 3.63) is 6.15 Å². The smallest absolute Gasteiger partial charge is 0.693 e.